The van der Waals surface area contributed by atoms with E-state index in [0.29, 0.717) is 28.0 Å². The van der Waals surface area contributed by atoms with Gasteiger partial charge in [0, 0.05) is 10.4 Å². The summed E-state index contributed by atoms with van der Waals surface area (Å²) >= 11 is 9.75. The molecule has 0 radical (unpaired) electrons. The van der Waals surface area contributed by atoms with E-state index < -0.39 is 5.97 Å². The molecule has 0 aliphatic carbocycles. The monoisotopic (exact) mass is 535 g/mol. The van der Waals surface area contributed by atoms with Crippen LogP contribution in [-0.4, -0.2) is 42.7 Å². The fourth-order valence-electron chi connectivity index (χ4n) is 3.05. The molecule has 0 N–H and O–H groups in total. The topological polar surface area (TPSA) is 92.0 Å². The van der Waals surface area contributed by atoms with E-state index in [-0.39, 0.29) is 28.9 Å². The molecule has 8 nitrogen and oxygen atoms in total. The standard InChI is InChI=1S/C23H23BrClN3O5/c1-5-13(2)22-27-18-7-6-15(24)10-16(18)23(30)28(22)26-11-14-8-17(25)21(19(9-14)31-3)33-12-20(29)32-4/h6-11,13H,5,12H2,1-4H3/t13-/m1/s1. The van der Waals surface area contributed by atoms with Crippen LogP contribution in [0.1, 0.15) is 37.6 Å². The molecule has 1 heterocycles. The lowest BCUT2D eigenvalue weighted by Gasteiger charge is -2.14. The highest BCUT2D eigenvalue weighted by Crippen LogP contribution is 2.36. The number of hydrogen-bond acceptors (Lipinski definition) is 7. The van der Waals surface area contributed by atoms with Gasteiger partial charge in [0.05, 0.1) is 36.4 Å². The van der Waals surface area contributed by atoms with Gasteiger partial charge < -0.3 is 14.2 Å². The molecule has 0 aliphatic heterocycles. The quantitative estimate of drug-likeness (QED) is 0.304. The first kappa shape index (κ1) is 24.7. The maximum absolute atomic E-state index is 13.2. The molecule has 2 aromatic carbocycles. The van der Waals surface area contributed by atoms with Crippen molar-refractivity contribution in [3.05, 3.63) is 61.6 Å². The third kappa shape index (κ3) is 5.54. The molecule has 33 heavy (non-hydrogen) atoms. The lowest BCUT2D eigenvalue weighted by atomic mass is 10.1. The number of hydrogen-bond donors (Lipinski definition) is 0. The fourth-order valence-corrected chi connectivity index (χ4v) is 3.68. The number of halogens is 2. The Hall–Kier alpha value is -2.91. The second kappa shape index (κ2) is 10.8. The molecule has 0 saturated carbocycles. The van der Waals surface area contributed by atoms with Crippen LogP contribution in [0.25, 0.3) is 10.9 Å². The number of methoxy groups -OCH3 is 2. The number of carbonyl (C=O) groups excluding carboxylic acids is 1. The summed E-state index contributed by atoms with van der Waals surface area (Å²) in [5.74, 6) is 0.533. The van der Waals surface area contributed by atoms with Crippen molar-refractivity contribution in [3.63, 3.8) is 0 Å². The first-order chi connectivity index (χ1) is 15.8. The zero-order valence-corrected chi connectivity index (χ0v) is 20.9. The maximum Gasteiger partial charge on any atom is 0.343 e. The summed E-state index contributed by atoms with van der Waals surface area (Å²) in [6, 6.07) is 8.62. The minimum absolute atomic E-state index is 0.00937. The van der Waals surface area contributed by atoms with Crippen LogP contribution >= 0.6 is 27.5 Å². The normalized spacial score (nSPS) is 12.2. The minimum Gasteiger partial charge on any atom is -0.493 e. The molecule has 0 spiro atoms. The molecule has 0 fully saturated rings. The predicted molar refractivity (Wildman–Crippen MR) is 131 cm³/mol. The first-order valence-corrected chi connectivity index (χ1v) is 11.3. The van der Waals surface area contributed by atoms with E-state index in [4.69, 9.17) is 21.1 Å². The zero-order valence-electron chi connectivity index (χ0n) is 18.6. The number of benzene rings is 2. The van der Waals surface area contributed by atoms with Crippen molar-refractivity contribution in [2.45, 2.75) is 26.2 Å². The van der Waals surface area contributed by atoms with Gasteiger partial charge in [0.2, 0.25) is 0 Å². The van der Waals surface area contributed by atoms with Crippen molar-refractivity contribution >= 4 is 50.6 Å². The lowest BCUT2D eigenvalue weighted by Crippen LogP contribution is -2.23. The second-order valence-electron chi connectivity index (χ2n) is 7.20. The van der Waals surface area contributed by atoms with Gasteiger partial charge in [0.1, 0.15) is 5.82 Å². The van der Waals surface area contributed by atoms with Crippen molar-refractivity contribution in [2.24, 2.45) is 5.10 Å². The van der Waals surface area contributed by atoms with Gasteiger partial charge in [-0.05, 0) is 42.3 Å². The van der Waals surface area contributed by atoms with Crippen molar-refractivity contribution < 1.29 is 19.0 Å². The van der Waals surface area contributed by atoms with Gasteiger partial charge in [-0.3, -0.25) is 4.79 Å². The van der Waals surface area contributed by atoms with Gasteiger partial charge >= 0.3 is 5.97 Å². The van der Waals surface area contributed by atoms with Gasteiger partial charge in [-0.2, -0.15) is 9.78 Å². The lowest BCUT2D eigenvalue weighted by molar-refractivity contribution is -0.142. The molecular formula is C23H23BrClN3O5. The van der Waals surface area contributed by atoms with Crippen LogP contribution in [-0.2, 0) is 9.53 Å². The molecule has 0 bridgehead atoms. The third-order valence-electron chi connectivity index (χ3n) is 5.02. The number of nitrogens with zero attached hydrogens (tertiary/aromatic N) is 3. The van der Waals surface area contributed by atoms with Crippen LogP contribution in [0.2, 0.25) is 5.02 Å². The van der Waals surface area contributed by atoms with Crippen LogP contribution in [0.3, 0.4) is 0 Å². The Morgan fingerprint density at radius 3 is 2.73 bits per heavy atom. The Morgan fingerprint density at radius 2 is 2.06 bits per heavy atom. The maximum atomic E-state index is 13.2. The largest absolute Gasteiger partial charge is 0.493 e. The highest BCUT2D eigenvalue weighted by Gasteiger charge is 2.17. The highest BCUT2D eigenvalue weighted by atomic mass is 79.9. The van der Waals surface area contributed by atoms with Crippen LogP contribution in [0.15, 0.2) is 44.7 Å². The molecule has 1 aromatic heterocycles. The molecule has 0 unspecified atom stereocenters. The second-order valence-corrected chi connectivity index (χ2v) is 8.52. The summed E-state index contributed by atoms with van der Waals surface area (Å²) in [5.41, 5.74) is 0.907. The summed E-state index contributed by atoms with van der Waals surface area (Å²) < 4.78 is 17.4. The van der Waals surface area contributed by atoms with Gasteiger partial charge in [-0.15, -0.1) is 0 Å². The average molecular weight is 537 g/mol. The number of ether oxygens (including phenoxy) is 3. The first-order valence-electron chi connectivity index (χ1n) is 10.1. The number of esters is 1. The number of rotatable bonds is 8. The van der Waals surface area contributed by atoms with Gasteiger partial charge in [-0.25, -0.2) is 9.78 Å². The van der Waals surface area contributed by atoms with E-state index in [1.807, 2.05) is 19.9 Å². The predicted octanol–water partition coefficient (Wildman–Crippen LogP) is 4.77. The Balaban J connectivity index is 2.06. The summed E-state index contributed by atoms with van der Waals surface area (Å²) in [7, 11) is 2.72. The Morgan fingerprint density at radius 1 is 1.30 bits per heavy atom. The summed E-state index contributed by atoms with van der Waals surface area (Å²) in [6.07, 6.45) is 2.28. The number of fused-ring (bicyclic) bond motifs is 1. The van der Waals surface area contributed by atoms with Crippen molar-refractivity contribution in [2.75, 3.05) is 20.8 Å². The van der Waals surface area contributed by atoms with Crippen LogP contribution in [0, 0.1) is 0 Å². The van der Waals surface area contributed by atoms with E-state index in [9.17, 15) is 9.59 Å². The fraction of sp³-hybridized carbons (Fsp3) is 0.304. The van der Waals surface area contributed by atoms with Crippen molar-refractivity contribution in [1.29, 1.82) is 0 Å². The van der Waals surface area contributed by atoms with Crippen LogP contribution in [0.4, 0.5) is 0 Å². The van der Waals surface area contributed by atoms with E-state index in [0.717, 1.165) is 10.9 Å². The highest BCUT2D eigenvalue weighted by molar-refractivity contribution is 9.10. The van der Waals surface area contributed by atoms with Gasteiger partial charge in [-0.1, -0.05) is 41.4 Å². The minimum atomic E-state index is -0.550. The van der Waals surface area contributed by atoms with Crippen LogP contribution < -0.4 is 15.0 Å². The van der Waals surface area contributed by atoms with E-state index in [1.54, 1.807) is 24.3 Å². The third-order valence-corrected chi connectivity index (χ3v) is 5.80. The molecule has 3 aromatic rings. The average Bonchev–Trinajstić information content (AvgIpc) is 2.81. The molecule has 0 aliphatic rings. The van der Waals surface area contributed by atoms with Gasteiger partial charge in [0.15, 0.2) is 18.1 Å². The molecule has 0 amide bonds. The molecule has 10 heteroatoms. The molecule has 174 valence electrons. The Bertz CT molecular complexity index is 1280. The van der Waals surface area contributed by atoms with Crippen molar-refractivity contribution in [1.82, 2.24) is 9.66 Å². The van der Waals surface area contributed by atoms with Gasteiger partial charge in [0.25, 0.3) is 5.56 Å². The van der Waals surface area contributed by atoms with E-state index >= 15 is 0 Å². The molecule has 1 atom stereocenters. The summed E-state index contributed by atoms with van der Waals surface area (Å²) in [5, 5.41) is 5.10. The van der Waals surface area contributed by atoms with Crippen LogP contribution in [0.5, 0.6) is 11.5 Å². The van der Waals surface area contributed by atoms with Crippen molar-refractivity contribution in [3.8, 4) is 11.5 Å². The van der Waals surface area contributed by atoms with E-state index in [2.05, 4.69) is 30.8 Å². The Kier molecular flexibility index (Phi) is 8.10. The Labute approximate surface area is 204 Å². The summed E-state index contributed by atoms with van der Waals surface area (Å²) in [6.45, 7) is 3.70. The summed E-state index contributed by atoms with van der Waals surface area (Å²) in [4.78, 5) is 29.3. The zero-order chi connectivity index (χ0) is 24.1. The number of carbonyl (C=O) groups is 1. The molecule has 0 saturated heterocycles. The molecular weight excluding hydrogens is 514 g/mol. The van der Waals surface area contributed by atoms with E-state index in [1.165, 1.54) is 25.1 Å². The molecule has 3 rings (SSSR count). The smallest absolute Gasteiger partial charge is 0.343 e. The number of aromatic nitrogens is 2. The SMILES string of the molecule is CC[C@@H](C)c1nc2ccc(Br)cc2c(=O)n1N=Cc1cc(Cl)c(OCC(=O)OC)c(OC)c1.